The highest BCUT2D eigenvalue weighted by Crippen LogP contribution is 2.32. The van der Waals surface area contributed by atoms with Gasteiger partial charge in [-0.2, -0.15) is 0 Å². The Morgan fingerprint density at radius 1 is 1.28 bits per heavy atom. The van der Waals surface area contributed by atoms with Crippen molar-refractivity contribution in [3.05, 3.63) is 47.3 Å². The molecule has 1 saturated heterocycles. The lowest BCUT2D eigenvalue weighted by Gasteiger charge is -2.33. The number of carbonyl (C=O) groups is 1. The van der Waals surface area contributed by atoms with E-state index in [1.165, 1.54) is 18.3 Å². The van der Waals surface area contributed by atoms with Crippen LogP contribution in [0.4, 0.5) is 25.4 Å². The van der Waals surface area contributed by atoms with Gasteiger partial charge in [-0.1, -0.05) is 17.4 Å². The normalized spacial score (nSPS) is 15.9. The molecule has 8 nitrogen and oxygen atoms in total. The van der Waals surface area contributed by atoms with E-state index in [-0.39, 0.29) is 18.7 Å². The van der Waals surface area contributed by atoms with Gasteiger partial charge in [-0.05, 0) is 38.0 Å². The van der Waals surface area contributed by atoms with Crippen molar-refractivity contribution in [2.45, 2.75) is 46.5 Å². The van der Waals surface area contributed by atoms with Crippen molar-refractivity contribution in [2.24, 2.45) is 10.7 Å². The molecule has 196 valence electrons. The van der Waals surface area contributed by atoms with Gasteiger partial charge < -0.3 is 21.3 Å². The molecule has 1 fully saturated rings. The zero-order chi connectivity index (χ0) is 26.6. The maximum Gasteiger partial charge on any atom is 0.251 e. The number of alkyl halides is 2. The number of piperidine rings is 1. The van der Waals surface area contributed by atoms with Crippen LogP contribution in [0.15, 0.2) is 47.4 Å². The lowest BCUT2D eigenvalue weighted by molar-refractivity contribution is -0.118. The van der Waals surface area contributed by atoms with E-state index in [9.17, 15) is 13.6 Å². The zero-order valence-corrected chi connectivity index (χ0v) is 22.0. The number of thiazole rings is 1. The number of nitrogens with zero attached hydrogens (tertiary/aromatic N) is 4. The number of hydrogen-bond donors (Lipinski definition) is 3. The van der Waals surface area contributed by atoms with Gasteiger partial charge in [0.2, 0.25) is 5.91 Å². The summed E-state index contributed by atoms with van der Waals surface area (Å²) in [6, 6.07) is 3.72. The minimum Gasteiger partial charge on any atom is -0.371 e. The van der Waals surface area contributed by atoms with Crippen LogP contribution in [0.3, 0.4) is 0 Å². The SMILES string of the molecule is CC(=O)NCCN.C\C=C(C)/C=N\C=C(/C)c1cnc(Nc2cc(N3CCC(F)(F)CC3)ccn2)s1. The maximum atomic E-state index is 13.4. The molecule has 0 atom stereocenters. The summed E-state index contributed by atoms with van der Waals surface area (Å²) in [7, 11) is 0. The van der Waals surface area contributed by atoms with E-state index >= 15 is 0 Å². The van der Waals surface area contributed by atoms with E-state index < -0.39 is 5.92 Å². The van der Waals surface area contributed by atoms with Crippen LogP contribution >= 0.6 is 11.3 Å². The summed E-state index contributed by atoms with van der Waals surface area (Å²) < 4.78 is 26.8. The average Bonchev–Trinajstić information content (AvgIpc) is 3.31. The smallest absolute Gasteiger partial charge is 0.251 e. The van der Waals surface area contributed by atoms with Gasteiger partial charge >= 0.3 is 0 Å². The number of aliphatic imine (C=N–C) groups is 1. The van der Waals surface area contributed by atoms with E-state index in [1.807, 2.05) is 56.3 Å². The summed E-state index contributed by atoms with van der Waals surface area (Å²) in [5, 5.41) is 6.46. The highest BCUT2D eigenvalue weighted by Gasteiger charge is 2.34. The summed E-state index contributed by atoms with van der Waals surface area (Å²) in [5.41, 5.74) is 8.07. The van der Waals surface area contributed by atoms with Crippen LogP contribution in [0.2, 0.25) is 0 Å². The molecule has 4 N–H and O–H groups in total. The maximum absolute atomic E-state index is 13.4. The van der Waals surface area contributed by atoms with Gasteiger partial charge in [0.25, 0.3) is 5.92 Å². The highest BCUT2D eigenvalue weighted by molar-refractivity contribution is 7.16. The molecule has 2 aromatic rings. The van der Waals surface area contributed by atoms with Gasteiger partial charge in [0.15, 0.2) is 5.13 Å². The molecular formula is C25H35F2N7OS. The molecule has 3 heterocycles. The molecule has 1 amide bonds. The number of halogens is 2. The highest BCUT2D eigenvalue weighted by atomic mass is 32.1. The Kier molecular flexibility index (Phi) is 11.6. The van der Waals surface area contributed by atoms with E-state index in [2.05, 4.69) is 25.6 Å². The van der Waals surface area contributed by atoms with Gasteiger partial charge in [0.05, 0.1) is 4.88 Å². The first-order chi connectivity index (χ1) is 17.1. The Balaban J connectivity index is 0.000000572. The molecular weight excluding hydrogens is 484 g/mol. The second kappa shape index (κ2) is 14.4. The third-order valence-corrected chi connectivity index (χ3v) is 6.30. The van der Waals surface area contributed by atoms with E-state index in [4.69, 9.17) is 5.73 Å². The first-order valence-electron chi connectivity index (χ1n) is 11.7. The predicted octanol–water partition coefficient (Wildman–Crippen LogP) is 5.00. The largest absolute Gasteiger partial charge is 0.371 e. The first-order valence-corrected chi connectivity index (χ1v) is 12.5. The third-order valence-electron chi connectivity index (χ3n) is 5.25. The van der Waals surface area contributed by atoms with Crippen LogP contribution in [0.5, 0.6) is 0 Å². The quantitative estimate of drug-likeness (QED) is 0.424. The second-order valence-corrected chi connectivity index (χ2v) is 9.32. The molecule has 1 aliphatic rings. The van der Waals surface area contributed by atoms with E-state index in [0.29, 0.717) is 32.0 Å². The van der Waals surface area contributed by atoms with Crippen molar-refractivity contribution in [1.29, 1.82) is 0 Å². The predicted molar refractivity (Wildman–Crippen MR) is 145 cm³/mol. The summed E-state index contributed by atoms with van der Waals surface area (Å²) >= 11 is 1.51. The second-order valence-electron chi connectivity index (χ2n) is 8.29. The van der Waals surface area contributed by atoms with E-state index in [0.717, 1.165) is 26.8 Å². The first kappa shape index (κ1) is 29.1. The van der Waals surface area contributed by atoms with Crippen molar-refractivity contribution in [2.75, 3.05) is 36.4 Å². The topological polar surface area (TPSA) is 109 Å². The Bertz CT molecular complexity index is 1070. The molecule has 0 aliphatic carbocycles. The van der Waals surface area contributed by atoms with Crippen LogP contribution in [0.25, 0.3) is 5.57 Å². The lowest BCUT2D eigenvalue weighted by atomic mass is 10.1. The summed E-state index contributed by atoms with van der Waals surface area (Å²) in [6.45, 7) is 9.21. The number of aromatic nitrogens is 2. The van der Waals surface area contributed by atoms with Crippen molar-refractivity contribution in [3.63, 3.8) is 0 Å². The molecule has 2 aromatic heterocycles. The number of nitrogens with two attached hydrogens (primary N) is 1. The third kappa shape index (κ3) is 10.2. The Hall–Kier alpha value is -3.18. The number of hydrogen-bond acceptors (Lipinski definition) is 8. The molecule has 11 heteroatoms. The van der Waals surface area contributed by atoms with Gasteiger partial charge in [-0.25, -0.2) is 18.7 Å². The molecule has 0 unspecified atom stereocenters. The number of anilines is 3. The van der Waals surface area contributed by atoms with Crippen LogP contribution in [-0.2, 0) is 4.79 Å². The molecule has 0 bridgehead atoms. The minimum atomic E-state index is -2.55. The molecule has 0 aromatic carbocycles. The zero-order valence-electron chi connectivity index (χ0n) is 21.2. The van der Waals surface area contributed by atoms with Gasteiger partial charge in [-0.15, -0.1) is 0 Å². The summed E-state index contributed by atoms with van der Waals surface area (Å²) in [4.78, 5) is 26.1. The van der Waals surface area contributed by atoms with Crippen molar-refractivity contribution in [3.8, 4) is 0 Å². The molecule has 0 spiro atoms. The van der Waals surface area contributed by atoms with Crippen molar-refractivity contribution >= 4 is 45.7 Å². The van der Waals surface area contributed by atoms with Crippen LogP contribution in [-0.4, -0.2) is 54.2 Å². The Morgan fingerprint density at radius 2 is 2.00 bits per heavy atom. The van der Waals surface area contributed by atoms with Gasteiger partial charge in [0.1, 0.15) is 5.82 Å². The standard InChI is InChI=1S/C21H25F2N5S.C4H10N2O/c1-4-15(2)12-24-13-16(3)18-14-26-20(29-18)27-19-11-17(5-8-25-19)28-9-6-21(22,23)7-10-28;1-4(7)6-3-2-5/h4-5,8,11-14H,6-7,9-10H2,1-3H3,(H,25,26,27);2-3,5H2,1H3,(H,6,7)/b15-4-,16-13+,24-12-;. The van der Waals surface area contributed by atoms with Crippen molar-refractivity contribution in [1.82, 2.24) is 15.3 Å². The van der Waals surface area contributed by atoms with Crippen LogP contribution in [0.1, 0.15) is 45.4 Å². The number of amides is 1. The monoisotopic (exact) mass is 519 g/mol. The Morgan fingerprint density at radius 3 is 2.61 bits per heavy atom. The summed E-state index contributed by atoms with van der Waals surface area (Å²) in [5.74, 6) is -1.93. The number of nitrogens with one attached hydrogen (secondary N) is 2. The molecule has 1 aliphatic heterocycles. The fraction of sp³-hybridized carbons (Fsp3) is 0.440. The molecule has 3 rings (SSSR count). The lowest BCUT2D eigenvalue weighted by Crippen LogP contribution is -2.39. The van der Waals surface area contributed by atoms with Gasteiger partial charge in [0, 0.05) is 82.5 Å². The average molecular weight is 520 g/mol. The minimum absolute atomic E-state index is 0.0227. The number of pyridine rings is 1. The van der Waals surface area contributed by atoms with Gasteiger partial charge in [-0.3, -0.25) is 9.79 Å². The fourth-order valence-corrected chi connectivity index (χ4v) is 3.84. The number of rotatable bonds is 8. The molecule has 0 saturated carbocycles. The Labute approximate surface area is 215 Å². The molecule has 0 radical (unpaired) electrons. The molecule has 36 heavy (non-hydrogen) atoms. The van der Waals surface area contributed by atoms with E-state index in [1.54, 1.807) is 12.4 Å². The van der Waals surface area contributed by atoms with Crippen LogP contribution < -0.4 is 21.3 Å². The van der Waals surface area contributed by atoms with Crippen LogP contribution in [0, 0.1) is 0 Å². The number of allylic oxidation sites excluding steroid dienone is 3. The fourth-order valence-electron chi connectivity index (χ4n) is 3.05. The number of carbonyl (C=O) groups excluding carboxylic acids is 1. The summed E-state index contributed by atoms with van der Waals surface area (Å²) in [6.07, 6.45) is 8.88. The van der Waals surface area contributed by atoms with Crippen molar-refractivity contribution < 1.29 is 13.6 Å².